The van der Waals surface area contributed by atoms with Crippen LogP contribution in [0.1, 0.15) is 25.3 Å². The summed E-state index contributed by atoms with van der Waals surface area (Å²) in [6.07, 6.45) is 0.0129. The van der Waals surface area contributed by atoms with Crippen LogP contribution in [-0.2, 0) is 30.3 Å². The molecular formula is C31H52N4O11. The highest BCUT2D eigenvalue weighted by Gasteiger charge is 2.27. The van der Waals surface area contributed by atoms with Gasteiger partial charge in [0.05, 0.1) is 32.9 Å². The van der Waals surface area contributed by atoms with Gasteiger partial charge >= 0.3 is 17.9 Å². The topological polar surface area (TPSA) is 193 Å². The van der Waals surface area contributed by atoms with E-state index in [-0.39, 0.29) is 45.8 Å². The minimum atomic E-state index is -1.59. The van der Waals surface area contributed by atoms with Crippen molar-refractivity contribution in [3.05, 3.63) is 29.8 Å². The molecule has 5 N–H and O–H groups in total. The maximum Gasteiger partial charge on any atom is 0.320 e. The second kappa shape index (κ2) is 22.6. The standard InChI is InChI=1S/C31H52N4O11/c1-2-44-18-19-45-20-21-46-26-8-6-25(7-9-26)4-3-5-27(31(42)43)35-16-14-33(23-29(38)39)12-10-32(22-28(36)37)11-13-34(15-17-35)24-30(40)41/h6-9,27-28,36-37H,2-5,10-24H2,1H3,(H,38,39)(H,40,41)(H,42,43)/t27-/m0/s1. The molecule has 1 aliphatic heterocycles. The van der Waals surface area contributed by atoms with Crippen LogP contribution >= 0.6 is 0 Å². The van der Waals surface area contributed by atoms with Gasteiger partial charge < -0.3 is 39.7 Å². The van der Waals surface area contributed by atoms with Crippen molar-refractivity contribution in [3.63, 3.8) is 0 Å². The van der Waals surface area contributed by atoms with Gasteiger partial charge in [0.2, 0.25) is 0 Å². The van der Waals surface area contributed by atoms with E-state index < -0.39 is 30.2 Å². The third-order valence-corrected chi connectivity index (χ3v) is 7.68. The molecule has 0 unspecified atom stereocenters. The monoisotopic (exact) mass is 656 g/mol. The number of aryl methyl sites for hydroxylation is 1. The second-order valence-corrected chi connectivity index (χ2v) is 11.2. The summed E-state index contributed by atoms with van der Waals surface area (Å²) in [5.74, 6) is -2.31. The first-order valence-corrected chi connectivity index (χ1v) is 15.9. The van der Waals surface area contributed by atoms with E-state index in [0.29, 0.717) is 84.2 Å². The van der Waals surface area contributed by atoms with E-state index >= 15 is 0 Å². The quantitative estimate of drug-likeness (QED) is 0.0898. The molecule has 1 aliphatic rings. The van der Waals surface area contributed by atoms with Crippen LogP contribution in [0.3, 0.4) is 0 Å². The van der Waals surface area contributed by atoms with Gasteiger partial charge in [0.25, 0.3) is 0 Å². The summed E-state index contributed by atoms with van der Waals surface area (Å²) in [4.78, 5) is 42.6. The van der Waals surface area contributed by atoms with Gasteiger partial charge in [0.1, 0.15) is 18.4 Å². The van der Waals surface area contributed by atoms with E-state index in [1.54, 1.807) is 19.6 Å². The lowest BCUT2D eigenvalue weighted by molar-refractivity contribution is -0.145. The van der Waals surface area contributed by atoms with E-state index in [1.165, 1.54) is 0 Å². The molecule has 46 heavy (non-hydrogen) atoms. The fourth-order valence-electron chi connectivity index (χ4n) is 5.27. The molecule has 1 fully saturated rings. The number of aliphatic carboxylic acids is 3. The predicted octanol–water partition coefficient (Wildman–Crippen LogP) is -0.404. The lowest BCUT2D eigenvalue weighted by atomic mass is 10.0. The molecule has 2 rings (SSSR count). The number of ether oxygens (including phenoxy) is 3. The molecule has 0 aromatic heterocycles. The van der Waals surface area contributed by atoms with Crippen LogP contribution in [0.4, 0.5) is 0 Å². The average molecular weight is 657 g/mol. The Morgan fingerprint density at radius 2 is 1.26 bits per heavy atom. The van der Waals surface area contributed by atoms with Gasteiger partial charge in [-0.05, 0) is 43.9 Å². The molecule has 0 radical (unpaired) electrons. The Bertz CT molecular complexity index is 983. The van der Waals surface area contributed by atoms with Crippen molar-refractivity contribution in [1.29, 1.82) is 0 Å². The zero-order chi connectivity index (χ0) is 33.7. The minimum Gasteiger partial charge on any atom is -0.491 e. The molecule has 1 saturated heterocycles. The van der Waals surface area contributed by atoms with Crippen LogP contribution in [0.15, 0.2) is 24.3 Å². The summed E-state index contributed by atoms with van der Waals surface area (Å²) in [5.41, 5.74) is 1.04. The highest BCUT2D eigenvalue weighted by Crippen LogP contribution is 2.16. The lowest BCUT2D eigenvalue weighted by Crippen LogP contribution is -2.52. The molecule has 1 atom stereocenters. The third kappa shape index (κ3) is 17.1. The van der Waals surface area contributed by atoms with Crippen LogP contribution in [0.25, 0.3) is 0 Å². The highest BCUT2D eigenvalue weighted by molar-refractivity contribution is 5.73. The summed E-state index contributed by atoms with van der Waals surface area (Å²) in [7, 11) is 0. The molecule has 1 aromatic rings. The van der Waals surface area contributed by atoms with Crippen LogP contribution in [0.2, 0.25) is 0 Å². The SMILES string of the molecule is CCOCCOCCOc1ccc(CCC[C@@H](C(=O)O)N2CCN(CC(=O)O)CCN(CC(O)O)CCN(CC(=O)O)CC2)cc1. The van der Waals surface area contributed by atoms with Crippen molar-refractivity contribution < 1.29 is 54.1 Å². The number of carboxylic acids is 3. The number of rotatable bonds is 20. The van der Waals surface area contributed by atoms with E-state index in [1.807, 2.05) is 31.2 Å². The van der Waals surface area contributed by atoms with Crippen LogP contribution in [-0.4, -0.2) is 180 Å². The second-order valence-electron chi connectivity index (χ2n) is 11.2. The van der Waals surface area contributed by atoms with E-state index in [4.69, 9.17) is 14.2 Å². The Morgan fingerprint density at radius 1 is 0.739 bits per heavy atom. The van der Waals surface area contributed by atoms with Gasteiger partial charge in [-0.3, -0.25) is 34.0 Å². The third-order valence-electron chi connectivity index (χ3n) is 7.68. The summed E-state index contributed by atoms with van der Waals surface area (Å²) in [6, 6.07) is 6.80. The molecule has 1 heterocycles. The van der Waals surface area contributed by atoms with E-state index in [9.17, 15) is 39.9 Å². The minimum absolute atomic E-state index is 0.0604. The van der Waals surface area contributed by atoms with E-state index in [2.05, 4.69) is 0 Å². The normalized spacial score (nSPS) is 17.3. The first-order chi connectivity index (χ1) is 22.1. The molecule has 0 amide bonds. The summed E-state index contributed by atoms with van der Waals surface area (Å²) >= 11 is 0. The molecule has 15 heteroatoms. The Hall–Kier alpha value is -2.89. The molecule has 0 bridgehead atoms. The number of benzene rings is 1. The van der Waals surface area contributed by atoms with Crippen molar-refractivity contribution >= 4 is 17.9 Å². The Morgan fingerprint density at radius 3 is 1.78 bits per heavy atom. The molecule has 0 aliphatic carbocycles. The first kappa shape index (κ1) is 39.3. The van der Waals surface area contributed by atoms with Gasteiger partial charge in [0, 0.05) is 65.5 Å². The van der Waals surface area contributed by atoms with Gasteiger partial charge in [-0.25, -0.2) is 0 Å². The smallest absolute Gasteiger partial charge is 0.320 e. The predicted molar refractivity (Wildman–Crippen MR) is 168 cm³/mol. The number of hydrogen-bond donors (Lipinski definition) is 5. The lowest BCUT2D eigenvalue weighted by Gasteiger charge is -2.35. The van der Waals surface area contributed by atoms with Gasteiger partial charge in [0.15, 0.2) is 6.29 Å². The summed E-state index contributed by atoms with van der Waals surface area (Å²) in [5, 5.41) is 48.1. The average Bonchev–Trinajstić information content (AvgIpc) is 2.99. The maximum absolute atomic E-state index is 12.5. The summed E-state index contributed by atoms with van der Waals surface area (Å²) in [6.45, 7) is 6.37. The Labute approximate surface area is 270 Å². The van der Waals surface area contributed by atoms with Gasteiger partial charge in [-0.15, -0.1) is 0 Å². The molecule has 262 valence electrons. The zero-order valence-corrected chi connectivity index (χ0v) is 26.9. The number of β-amino-alcohol motifs (C(OH)–C–C–N with tert-alkyl or cyclic N) is 2. The largest absolute Gasteiger partial charge is 0.491 e. The fraction of sp³-hybridized carbons (Fsp3) is 0.710. The molecule has 0 spiro atoms. The van der Waals surface area contributed by atoms with Crippen LogP contribution in [0.5, 0.6) is 5.75 Å². The number of carbonyl (C=O) groups is 3. The highest BCUT2D eigenvalue weighted by atomic mass is 16.5. The van der Waals surface area contributed by atoms with Crippen LogP contribution in [0, 0.1) is 0 Å². The molecular weight excluding hydrogens is 604 g/mol. The van der Waals surface area contributed by atoms with E-state index in [0.717, 1.165) is 5.56 Å². The van der Waals surface area contributed by atoms with Crippen LogP contribution < -0.4 is 4.74 Å². The molecule has 15 nitrogen and oxygen atoms in total. The van der Waals surface area contributed by atoms with Crippen molar-refractivity contribution in [2.75, 3.05) is 105 Å². The zero-order valence-electron chi connectivity index (χ0n) is 26.9. The number of nitrogens with zero attached hydrogens (tertiary/aromatic N) is 4. The number of aliphatic hydroxyl groups is 2. The Balaban J connectivity index is 2.02. The molecule has 0 saturated carbocycles. The summed E-state index contributed by atoms with van der Waals surface area (Å²) < 4.78 is 16.4. The molecule has 1 aromatic carbocycles. The first-order valence-electron chi connectivity index (χ1n) is 15.9. The number of hydrogen-bond acceptors (Lipinski definition) is 12. The number of aliphatic hydroxyl groups excluding tert-OH is 1. The van der Waals surface area contributed by atoms with Gasteiger partial charge in [-0.1, -0.05) is 12.1 Å². The fourth-order valence-corrected chi connectivity index (χ4v) is 5.27. The van der Waals surface area contributed by atoms with Crippen molar-refractivity contribution in [3.8, 4) is 5.75 Å². The van der Waals surface area contributed by atoms with Crippen molar-refractivity contribution in [2.45, 2.75) is 38.5 Å². The van der Waals surface area contributed by atoms with Gasteiger partial charge in [-0.2, -0.15) is 0 Å². The van der Waals surface area contributed by atoms with Crippen molar-refractivity contribution in [2.24, 2.45) is 0 Å². The van der Waals surface area contributed by atoms with Crippen molar-refractivity contribution in [1.82, 2.24) is 19.6 Å². The maximum atomic E-state index is 12.5. The Kier molecular flexibility index (Phi) is 19.3. The number of carboxylic acid groups (broad SMARTS) is 3.